The van der Waals surface area contributed by atoms with Crippen LogP contribution in [0.25, 0.3) is 21.9 Å². The Kier molecular flexibility index (Phi) is 6.43. The van der Waals surface area contributed by atoms with Crippen LogP contribution in [0.15, 0.2) is 41.2 Å². The number of hydrogen-bond acceptors (Lipinski definition) is 7. The predicted octanol–water partition coefficient (Wildman–Crippen LogP) is 2.58. The highest BCUT2D eigenvalue weighted by atomic mass is 16.6. The van der Waals surface area contributed by atoms with E-state index in [2.05, 4.69) is 15.3 Å². The molecule has 2 N–H and O–H groups in total. The average Bonchev–Trinajstić information content (AvgIpc) is 2.69. The van der Waals surface area contributed by atoms with E-state index < -0.39 is 23.2 Å². The molecule has 0 saturated carbocycles. The maximum atomic E-state index is 12.8. The number of methoxy groups -OCH3 is 1. The molecule has 0 fully saturated rings. The molecule has 1 aromatic carbocycles. The van der Waals surface area contributed by atoms with Crippen molar-refractivity contribution in [2.75, 3.05) is 31.6 Å². The molecule has 0 aliphatic heterocycles. The van der Waals surface area contributed by atoms with Crippen molar-refractivity contribution >= 4 is 39.7 Å². The van der Waals surface area contributed by atoms with Gasteiger partial charge in [0.1, 0.15) is 23.5 Å². The number of carbonyl (C=O) groups is 2. The van der Waals surface area contributed by atoms with Gasteiger partial charge in [0.2, 0.25) is 0 Å². The third-order valence-electron chi connectivity index (χ3n) is 4.45. The molecule has 9 nitrogen and oxygen atoms in total. The summed E-state index contributed by atoms with van der Waals surface area (Å²) in [5.41, 5.74) is 0.488. The van der Waals surface area contributed by atoms with Gasteiger partial charge in [-0.1, -0.05) is 18.2 Å². The number of alkyl carbamates (subject to hydrolysis) is 1. The van der Waals surface area contributed by atoms with E-state index in [0.717, 1.165) is 16.3 Å². The van der Waals surface area contributed by atoms with Crippen molar-refractivity contribution in [3.8, 4) is 0 Å². The number of aromatic nitrogens is 2. The first-order chi connectivity index (χ1) is 14.7. The number of benzene rings is 1. The molecule has 3 aromatic rings. The number of pyridine rings is 2. The first-order valence-electron chi connectivity index (χ1n) is 9.88. The minimum absolute atomic E-state index is 0.151. The van der Waals surface area contributed by atoms with Gasteiger partial charge >= 0.3 is 12.1 Å². The molecule has 31 heavy (non-hydrogen) atoms. The molecular formula is C22H26N4O5. The van der Waals surface area contributed by atoms with Crippen LogP contribution in [0.1, 0.15) is 20.8 Å². The average molecular weight is 426 g/mol. The molecule has 164 valence electrons. The summed E-state index contributed by atoms with van der Waals surface area (Å²) in [7, 11) is 1.28. The number of ether oxygens (including phenoxy) is 2. The van der Waals surface area contributed by atoms with E-state index in [-0.39, 0.29) is 25.3 Å². The predicted molar refractivity (Wildman–Crippen MR) is 118 cm³/mol. The van der Waals surface area contributed by atoms with Gasteiger partial charge in [-0.3, -0.25) is 9.59 Å². The van der Waals surface area contributed by atoms with Crippen LogP contribution in [0.3, 0.4) is 0 Å². The highest BCUT2D eigenvalue weighted by Crippen LogP contribution is 2.20. The number of carbonyl (C=O) groups excluding carboxylic acids is 2. The Bertz CT molecular complexity index is 1170. The molecule has 9 heteroatoms. The van der Waals surface area contributed by atoms with Crippen LogP contribution in [0, 0.1) is 0 Å². The number of esters is 1. The molecule has 2 heterocycles. The number of nitrogens with zero attached hydrogens (tertiary/aromatic N) is 2. The van der Waals surface area contributed by atoms with Crippen molar-refractivity contribution in [1.29, 1.82) is 0 Å². The van der Waals surface area contributed by atoms with Crippen molar-refractivity contribution in [3.05, 3.63) is 46.8 Å². The molecule has 2 aromatic heterocycles. The van der Waals surface area contributed by atoms with E-state index in [9.17, 15) is 14.4 Å². The Morgan fingerprint density at radius 2 is 1.90 bits per heavy atom. The largest absolute Gasteiger partial charge is 0.468 e. The number of para-hydroxylation sites is 1. The summed E-state index contributed by atoms with van der Waals surface area (Å²) in [5, 5.41) is 4.29. The fourth-order valence-corrected chi connectivity index (χ4v) is 3.07. The second-order valence-electron chi connectivity index (χ2n) is 8.03. The summed E-state index contributed by atoms with van der Waals surface area (Å²) in [6.07, 6.45) is -0.575. The molecule has 0 atom stereocenters. The zero-order chi connectivity index (χ0) is 22.6. The van der Waals surface area contributed by atoms with E-state index >= 15 is 0 Å². The number of rotatable bonds is 6. The normalized spacial score (nSPS) is 11.4. The summed E-state index contributed by atoms with van der Waals surface area (Å²) < 4.78 is 9.98. The Morgan fingerprint density at radius 1 is 1.16 bits per heavy atom. The molecule has 0 radical (unpaired) electrons. The first-order valence-corrected chi connectivity index (χ1v) is 9.88. The van der Waals surface area contributed by atoms with Gasteiger partial charge in [-0.25, -0.2) is 9.78 Å². The summed E-state index contributed by atoms with van der Waals surface area (Å²) >= 11 is 0. The molecule has 3 rings (SSSR count). The minimum Gasteiger partial charge on any atom is -0.468 e. The van der Waals surface area contributed by atoms with Crippen molar-refractivity contribution < 1.29 is 19.1 Å². The molecular weight excluding hydrogens is 400 g/mol. The van der Waals surface area contributed by atoms with Gasteiger partial charge in [0.25, 0.3) is 5.56 Å². The molecule has 0 spiro atoms. The lowest BCUT2D eigenvalue weighted by molar-refractivity contribution is -0.138. The van der Waals surface area contributed by atoms with Crippen molar-refractivity contribution in [1.82, 2.24) is 15.3 Å². The number of amides is 1. The van der Waals surface area contributed by atoms with E-state index in [1.807, 2.05) is 30.3 Å². The van der Waals surface area contributed by atoms with E-state index in [4.69, 9.17) is 9.47 Å². The van der Waals surface area contributed by atoms with Gasteiger partial charge in [0.05, 0.1) is 12.6 Å². The van der Waals surface area contributed by atoms with E-state index in [0.29, 0.717) is 5.65 Å². The Morgan fingerprint density at radius 3 is 2.61 bits per heavy atom. The zero-order valence-electron chi connectivity index (χ0n) is 18.0. The van der Waals surface area contributed by atoms with Crippen LogP contribution in [0.4, 0.5) is 10.5 Å². The number of H-pyrrole nitrogens is 1. The van der Waals surface area contributed by atoms with Gasteiger partial charge in [0, 0.05) is 23.9 Å². The van der Waals surface area contributed by atoms with Crippen LogP contribution < -0.4 is 15.8 Å². The SMILES string of the molecule is COC(=O)CN(CCNC(=O)OC(C)(C)C)c1cc2cc3ccccc3nc2[nH]c1=O. The van der Waals surface area contributed by atoms with Crippen LogP contribution in [-0.2, 0) is 14.3 Å². The summed E-state index contributed by atoms with van der Waals surface area (Å²) in [6.45, 7) is 5.51. The first kappa shape index (κ1) is 22.1. The van der Waals surface area contributed by atoms with Crippen molar-refractivity contribution in [3.63, 3.8) is 0 Å². The second-order valence-corrected chi connectivity index (χ2v) is 8.03. The maximum absolute atomic E-state index is 12.8. The van der Waals surface area contributed by atoms with Crippen LogP contribution in [-0.4, -0.2) is 54.4 Å². The lowest BCUT2D eigenvalue weighted by Crippen LogP contribution is -2.41. The Hall–Kier alpha value is -3.62. The standard InChI is InChI=1S/C22H26N4O5/c1-22(2,3)31-21(29)23-9-10-26(13-18(27)30-4)17-12-15-11-14-7-5-6-8-16(14)24-19(15)25-20(17)28/h5-8,11-12H,9-10,13H2,1-4H3,(H,23,29)(H,24,25,28). The highest BCUT2D eigenvalue weighted by molar-refractivity contribution is 5.92. The lowest BCUT2D eigenvalue weighted by atomic mass is 10.1. The van der Waals surface area contributed by atoms with Gasteiger partial charge in [0.15, 0.2) is 0 Å². The van der Waals surface area contributed by atoms with E-state index in [1.54, 1.807) is 31.7 Å². The van der Waals surface area contributed by atoms with Gasteiger partial charge in [-0.05, 0) is 39.0 Å². The molecule has 0 bridgehead atoms. The second kappa shape index (κ2) is 9.03. The van der Waals surface area contributed by atoms with Gasteiger partial charge in [-0.15, -0.1) is 0 Å². The topological polar surface area (TPSA) is 114 Å². The molecule has 1 amide bonds. The number of anilines is 1. The molecule has 0 aliphatic rings. The van der Waals surface area contributed by atoms with E-state index in [1.165, 1.54) is 7.11 Å². The molecule has 0 aliphatic carbocycles. The van der Waals surface area contributed by atoms with Crippen LogP contribution in [0.5, 0.6) is 0 Å². The number of fused-ring (bicyclic) bond motifs is 2. The van der Waals surface area contributed by atoms with Gasteiger partial charge in [-0.2, -0.15) is 0 Å². The number of aromatic amines is 1. The fourth-order valence-electron chi connectivity index (χ4n) is 3.07. The smallest absolute Gasteiger partial charge is 0.407 e. The summed E-state index contributed by atoms with van der Waals surface area (Å²) in [5.74, 6) is -0.506. The third kappa shape index (κ3) is 5.71. The van der Waals surface area contributed by atoms with Crippen LogP contribution in [0.2, 0.25) is 0 Å². The summed E-state index contributed by atoms with van der Waals surface area (Å²) in [4.78, 5) is 45.4. The monoisotopic (exact) mass is 426 g/mol. The Balaban J connectivity index is 1.87. The van der Waals surface area contributed by atoms with Crippen molar-refractivity contribution in [2.24, 2.45) is 0 Å². The third-order valence-corrected chi connectivity index (χ3v) is 4.45. The van der Waals surface area contributed by atoms with Crippen LogP contribution >= 0.6 is 0 Å². The van der Waals surface area contributed by atoms with Crippen molar-refractivity contribution in [2.45, 2.75) is 26.4 Å². The number of hydrogen-bond donors (Lipinski definition) is 2. The number of nitrogens with one attached hydrogen (secondary N) is 2. The fraction of sp³-hybridized carbons (Fsp3) is 0.364. The zero-order valence-corrected chi connectivity index (χ0v) is 18.0. The van der Waals surface area contributed by atoms with Gasteiger partial charge < -0.3 is 24.7 Å². The summed E-state index contributed by atoms with van der Waals surface area (Å²) in [6, 6.07) is 11.2. The quantitative estimate of drug-likeness (QED) is 0.460. The maximum Gasteiger partial charge on any atom is 0.407 e. The molecule has 0 saturated heterocycles. The molecule has 0 unspecified atom stereocenters. The highest BCUT2D eigenvalue weighted by Gasteiger charge is 2.19. The Labute approximate surface area is 179 Å². The minimum atomic E-state index is -0.624. The lowest BCUT2D eigenvalue weighted by Gasteiger charge is -2.24.